The summed E-state index contributed by atoms with van der Waals surface area (Å²) in [4.78, 5) is 18.5. The molecule has 2 heterocycles. The summed E-state index contributed by atoms with van der Waals surface area (Å²) >= 11 is 0. The van der Waals surface area contributed by atoms with Crippen molar-refractivity contribution >= 4 is 22.6 Å². The molecule has 5 nitrogen and oxygen atoms in total. The van der Waals surface area contributed by atoms with Gasteiger partial charge in [0.1, 0.15) is 0 Å². The fourth-order valence-corrected chi connectivity index (χ4v) is 2.76. The number of carbonyl (C=O) groups is 1. The van der Waals surface area contributed by atoms with E-state index in [1.54, 1.807) is 28.9 Å². The number of rotatable bonds is 3. The Morgan fingerprint density at radius 3 is 2.65 bits per heavy atom. The Hall–Kier alpha value is -2.66. The highest BCUT2D eigenvalue weighted by atomic mass is 16.2. The molecule has 0 unspecified atom stereocenters. The van der Waals surface area contributed by atoms with Crippen molar-refractivity contribution in [1.29, 1.82) is 0 Å². The van der Waals surface area contributed by atoms with Gasteiger partial charge in [0.2, 0.25) is 0 Å². The lowest BCUT2D eigenvalue weighted by molar-refractivity contribution is 0.249. The molecule has 0 aliphatic heterocycles. The molecule has 3 aromatic rings. The van der Waals surface area contributed by atoms with Crippen LogP contribution in [0.5, 0.6) is 0 Å². The van der Waals surface area contributed by atoms with Gasteiger partial charge in [-0.2, -0.15) is 0 Å². The quantitative estimate of drug-likeness (QED) is 0.809. The van der Waals surface area contributed by atoms with Crippen LogP contribution in [0.4, 0.5) is 10.5 Å². The Bertz CT molecular complexity index is 823. The summed E-state index contributed by atoms with van der Waals surface area (Å²) in [5, 5.41) is 1.07. The van der Waals surface area contributed by atoms with Crippen molar-refractivity contribution in [3.63, 3.8) is 0 Å². The van der Waals surface area contributed by atoms with Gasteiger partial charge in [-0.15, -0.1) is 0 Å². The molecule has 0 saturated carbocycles. The smallest absolute Gasteiger partial charge is 0.328 e. The van der Waals surface area contributed by atoms with E-state index in [0.717, 1.165) is 28.6 Å². The summed E-state index contributed by atoms with van der Waals surface area (Å²) in [6, 6.07) is 11.5. The van der Waals surface area contributed by atoms with Gasteiger partial charge >= 0.3 is 6.03 Å². The summed E-state index contributed by atoms with van der Waals surface area (Å²) in [6.45, 7) is 1.97. The second kappa shape index (κ2) is 6.22. The van der Waals surface area contributed by atoms with Crippen molar-refractivity contribution in [2.45, 2.75) is 19.4 Å². The molecule has 0 aliphatic carbocycles. The molecule has 1 amide bonds. The monoisotopic (exact) mass is 308 g/mol. The third kappa shape index (κ3) is 2.96. The number of hydrogen-bond donors (Lipinski definition) is 1. The van der Waals surface area contributed by atoms with Crippen molar-refractivity contribution in [2.75, 3.05) is 11.9 Å². The van der Waals surface area contributed by atoms with Crippen molar-refractivity contribution in [1.82, 2.24) is 9.55 Å². The van der Waals surface area contributed by atoms with Gasteiger partial charge in [0.25, 0.3) is 0 Å². The number of amides is 1. The zero-order valence-electron chi connectivity index (χ0n) is 13.3. The number of pyridine rings is 1. The maximum Gasteiger partial charge on any atom is 0.332 e. The molecule has 118 valence electrons. The summed E-state index contributed by atoms with van der Waals surface area (Å²) < 4.78 is 1.69. The van der Waals surface area contributed by atoms with E-state index in [1.165, 1.54) is 0 Å². The molecule has 1 aromatic carbocycles. The lowest BCUT2D eigenvalue weighted by Crippen LogP contribution is -2.30. The van der Waals surface area contributed by atoms with Crippen LogP contribution in [-0.2, 0) is 6.42 Å². The number of hydrogen-bond acceptors (Lipinski definition) is 3. The summed E-state index contributed by atoms with van der Waals surface area (Å²) in [5.41, 5.74) is 8.73. The molecule has 0 aliphatic rings. The highest BCUT2D eigenvalue weighted by Gasteiger charge is 2.18. The molecule has 1 atom stereocenters. The van der Waals surface area contributed by atoms with Crippen LogP contribution in [0, 0.1) is 0 Å². The molecule has 5 heteroatoms. The predicted octanol–water partition coefficient (Wildman–Crippen LogP) is 3.03. The maximum absolute atomic E-state index is 12.9. The van der Waals surface area contributed by atoms with Crippen molar-refractivity contribution in [2.24, 2.45) is 5.73 Å². The lowest BCUT2D eigenvalue weighted by Gasteiger charge is -2.17. The molecular formula is C18H20N4O. The average Bonchev–Trinajstić information content (AvgIpc) is 2.92. The number of aromatic nitrogens is 2. The van der Waals surface area contributed by atoms with Crippen LogP contribution >= 0.6 is 0 Å². The largest absolute Gasteiger partial charge is 0.332 e. The number of fused-ring (bicyclic) bond motifs is 1. The average molecular weight is 308 g/mol. The Morgan fingerprint density at radius 1 is 1.26 bits per heavy atom. The van der Waals surface area contributed by atoms with E-state index >= 15 is 0 Å². The van der Waals surface area contributed by atoms with Crippen molar-refractivity contribution < 1.29 is 4.79 Å². The first kappa shape index (κ1) is 15.2. The number of carbonyl (C=O) groups excluding carboxylic acids is 1. The first-order valence-electron chi connectivity index (χ1n) is 7.60. The zero-order valence-corrected chi connectivity index (χ0v) is 13.3. The van der Waals surface area contributed by atoms with Crippen LogP contribution in [0.1, 0.15) is 12.5 Å². The van der Waals surface area contributed by atoms with Crippen LogP contribution in [0.3, 0.4) is 0 Å². The van der Waals surface area contributed by atoms with Gasteiger partial charge in [0.05, 0.1) is 5.52 Å². The van der Waals surface area contributed by atoms with Crippen LogP contribution in [0.15, 0.2) is 55.0 Å². The second-order valence-corrected chi connectivity index (χ2v) is 5.77. The molecule has 0 saturated heterocycles. The highest BCUT2D eigenvalue weighted by Crippen LogP contribution is 2.24. The normalized spacial score (nSPS) is 12.3. The lowest BCUT2D eigenvalue weighted by atomic mass is 10.1. The van der Waals surface area contributed by atoms with E-state index < -0.39 is 0 Å². The van der Waals surface area contributed by atoms with E-state index in [1.807, 2.05) is 49.5 Å². The van der Waals surface area contributed by atoms with Gasteiger partial charge in [0, 0.05) is 42.8 Å². The molecule has 0 radical (unpaired) electrons. The molecule has 3 rings (SSSR count). The van der Waals surface area contributed by atoms with Gasteiger partial charge in [-0.1, -0.05) is 18.2 Å². The molecule has 23 heavy (non-hydrogen) atoms. The van der Waals surface area contributed by atoms with E-state index in [-0.39, 0.29) is 12.1 Å². The molecule has 0 bridgehead atoms. The van der Waals surface area contributed by atoms with Gasteiger partial charge < -0.3 is 5.73 Å². The number of anilines is 1. The van der Waals surface area contributed by atoms with Crippen LogP contribution < -0.4 is 10.6 Å². The number of benzene rings is 1. The molecule has 0 spiro atoms. The number of nitrogens with zero attached hydrogens (tertiary/aromatic N) is 3. The number of para-hydroxylation sites is 1. The third-order valence-electron chi connectivity index (χ3n) is 3.88. The van der Waals surface area contributed by atoms with Gasteiger partial charge in [-0.05, 0) is 37.1 Å². The van der Waals surface area contributed by atoms with E-state index in [2.05, 4.69) is 4.98 Å². The van der Waals surface area contributed by atoms with Crippen molar-refractivity contribution in [3.8, 4) is 0 Å². The summed E-state index contributed by atoms with van der Waals surface area (Å²) in [7, 11) is 1.76. The Kier molecular flexibility index (Phi) is 4.12. The maximum atomic E-state index is 12.9. The van der Waals surface area contributed by atoms with E-state index in [0.29, 0.717) is 0 Å². The Morgan fingerprint density at radius 2 is 1.96 bits per heavy atom. The SMILES string of the molecule is C[C@@H](N)Cc1cn(C(=O)N(C)c2ccncc2)c2ccccc12. The fraction of sp³-hybridized carbons (Fsp3) is 0.222. The van der Waals surface area contributed by atoms with Crippen molar-refractivity contribution in [3.05, 3.63) is 60.6 Å². The zero-order chi connectivity index (χ0) is 16.4. The predicted molar refractivity (Wildman–Crippen MR) is 92.7 cm³/mol. The first-order chi connectivity index (χ1) is 11.1. The van der Waals surface area contributed by atoms with Gasteiger partial charge in [-0.3, -0.25) is 14.5 Å². The van der Waals surface area contributed by atoms with Gasteiger partial charge in [-0.25, -0.2) is 4.79 Å². The second-order valence-electron chi connectivity index (χ2n) is 5.77. The minimum absolute atomic E-state index is 0.0438. The summed E-state index contributed by atoms with van der Waals surface area (Å²) in [5.74, 6) is 0. The molecular weight excluding hydrogens is 288 g/mol. The van der Waals surface area contributed by atoms with Crippen LogP contribution in [0.25, 0.3) is 10.9 Å². The molecule has 2 N–H and O–H groups in total. The Labute approximate surface area is 135 Å². The van der Waals surface area contributed by atoms with Crippen LogP contribution in [0.2, 0.25) is 0 Å². The third-order valence-corrected chi connectivity index (χ3v) is 3.88. The van der Waals surface area contributed by atoms with E-state index in [9.17, 15) is 4.79 Å². The van der Waals surface area contributed by atoms with E-state index in [4.69, 9.17) is 5.73 Å². The Balaban J connectivity index is 2.04. The molecule has 0 fully saturated rings. The molecule has 2 aromatic heterocycles. The first-order valence-corrected chi connectivity index (χ1v) is 7.60. The minimum Gasteiger partial charge on any atom is -0.328 e. The minimum atomic E-state index is -0.108. The van der Waals surface area contributed by atoms with Gasteiger partial charge in [0.15, 0.2) is 0 Å². The fourth-order valence-electron chi connectivity index (χ4n) is 2.76. The highest BCUT2D eigenvalue weighted by molar-refractivity contribution is 6.00. The summed E-state index contributed by atoms with van der Waals surface area (Å²) in [6.07, 6.45) is 5.98. The van der Waals surface area contributed by atoms with Crippen LogP contribution in [-0.4, -0.2) is 28.7 Å². The number of nitrogens with two attached hydrogens (primary N) is 1. The standard InChI is InChI=1S/C18H20N4O/c1-13(19)11-14-12-22(17-6-4-3-5-16(14)17)18(23)21(2)15-7-9-20-10-8-15/h3-10,12-13H,11,19H2,1-2H3/t13-/m1/s1. The topological polar surface area (TPSA) is 64.2 Å².